The molecule has 12 heavy (non-hydrogen) atoms. The van der Waals surface area contributed by atoms with Gasteiger partial charge in [-0.25, -0.2) is 0 Å². The minimum absolute atomic E-state index is 0.526. The van der Waals surface area contributed by atoms with Crippen molar-refractivity contribution in [3.63, 3.8) is 0 Å². The van der Waals surface area contributed by atoms with Crippen LogP contribution in [0.1, 0.15) is 0 Å². The molecule has 1 saturated heterocycles. The van der Waals surface area contributed by atoms with Gasteiger partial charge in [0.1, 0.15) is 24.4 Å². The van der Waals surface area contributed by atoms with Gasteiger partial charge in [0.25, 0.3) is 0 Å². The summed E-state index contributed by atoms with van der Waals surface area (Å²) >= 11 is 0. The molecule has 0 aromatic heterocycles. The number of hydrogen-bond acceptors (Lipinski definition) is 6. The summed E-state index contributed by atoms with van der Waals surface area (Å²) in [7, 11) is 0. The van der Waals surface area contributed by atoms with Crippen molar-refractivity contribution >= 4 is 0 Å². The molecule has 0 radical (unpaired) electrons. The Labute approximate surface area is 68.6 Å². The normalized spacial score (nSPS) is 49.2. The summed E-state index contributed by atoms with van der Waals surface area (Å²) in [5, 5.41) is 44.7. The molecule has 1 aliphatic heterocycles. The van der Waals surface area contributed by atoms with Crippen LogP contribution < -0.4 is 0 Å². The average molecular weight is 180 g/mol. The van der Waals surface area contributed by atoms with Gasteiger partial charge in [0.15, 0.2) is 6.29 Å². The summed E-state index contributed by atoms with van der Waals surface area (Å²) in [6, 6.07) is 0. The SMILES string of the molecule is OC[C@@H]1O[C@@H](O)[C@H](O)[C@@H](O)[C@@H]1O. The molecule has 1 rings (SSSR count). The fourth-order valence-corrected chi connectivity index (χ4v) is 1.08. The van der Waals surface area contributed by atoms with Crippen molar-refractivity contribution in [2.24, 2.45) is 0 Å². The zero-order valence-corrected chi connectivity index (χ0v) is 6.24. The van der Waals surface area contributed by atoms with Crippen LogP contribution in [0.2, 0.25) is 0 Å². The fourth-order valence-electron chi connectivity index (χ4n) is 1.08. The molecule has 0 unspecified atom stereocenters. The number of hydrogen-bond donors (Lipinski definition) is 5. The van der Waals surface area contributed by atoms with E-state index in [0.29, 0.717) is 0 Å². The summed E-state index contributed by atoms with van der Waals surface area (Å²) < 4.78 is 4.58. The fraction of sp³-hybridized carbons (Fsp3) is 1.00. The topological polar surface area (TPSA) is 110 Å². The Bertz CT molecular complexity index is 146. The lowest BCUT2D eigenvalue weighted by Gasteiger charge is -2.37. The molecule has 0 saturated carbocycles. The van der Waals surface area contributed by atoms with Crippen LogP contribution in [0.4, 0.5) is 0 Å². The first kappa shape index (κ1) is 9.85. The Kier molecular flexibility index (Phi) is 2.99. The van der Waals surface area contributed by atoms with Gasteiger partial charge in [-0.15, -0.1) is 0 Å². The lowest BCUT2D eigenvalue weighted by molar-refractivity contribution is -0.286. The predicted octanol–water partition coefficient (Wildman–Crippen LogP) is -3.22. The van der Waals surface area contributed by atoms with Gasteiger partial charge in [0.2, 0.25) is 0 Å². The number of rotatable bonds is 1. The van der Waals surface area contributed by atoms with Gasteiger partial charge in [-0.3, -0.25) is 0 Å². The van der Waals surface area contributed by atoms with E-state index in [-0.39, 0.29) is 0 Å². The zero-order valence-electron chi connectivity index (χ0n) is 6.24. The first-order valence-electron chi connectivity index (χ1n) is 3.56. The third-order valence-corrected chi connectivity index (χ3v) is 1.87. The lowest BCUT2D eigenvalue weighted by atomic mass is 10.00. The Morgan fingerprint density at radius 3 is 2.00 bits per heavy atom. The minimum atomic E-state index is -1.57. The third kappa shape index (κ3) is 1.58. The lowest BCUT2D eigenvalue weighted by Crippen LogP contribution is -2.58. The van der Waals surface area contributed by atoms with E-state index < -0.39 is 37.3 Å². The van der Waals surface area contributed by atoms with Crippen molar-refractivity contribution < 1.29 is 30.3 Å². The molecule has 6 nitrogen and oxygen atoms in total. The summed E-state index contributed by atoms with van der Waals surface area (Å²) in [5.74, 6) is 0. The van der Waals surface area contributed by atoms with Crippen molar-refractivity contribution in [1.29, 1.82) is 0 Å². The molecule has 5 N–H and O–H groups in total. The smallest absolute Gasteiger partial charge is 0.184 e. The number of aliphatic hydroxyl groups excluding tert-OH is 5. The van der Waals surface area contributed by atoms with Gasteiger partial charge in [-0.2, -0.15) is 0 Å². The number of aliphatic hydroxyl groups is 5. The third-order valence-electron chi connectivity index (χ3n) is 1.87. The van der Waals surface area contributed by atoms with Crippen LogP contribution in [0, 0.1) is 0 Å². The molecule has 0 aromatic rings. The minimum Gasteiger partial charge on any atom is -0.394 e. The van der Waals surface area contributed by atoms with E-state index >= 15 is 0 Å². The van der Waals surface area contributed by atoms with Crippen LogP contribution in [-0.4, -0.2) is 62.8 Å². The molecule has 1 fully saturated rings. The molecular formula is C6H12O6. The van der Waals surface area contributed by atoms with Gasteiger partial charge in [-0.05, 0) is 0 Å². The van der Waals surface area contributed by atoms with E-state index in [1.807, 2.05) is 0 Å². The maximum absolute atomic E-state index is 9.12. The standard InChI is InChI=1S/C6H12O6/c7-1-2-3(8)4(9)5(10)6(11)12-2/h2-11H,1H2/t2-,3+,4-,5+,6+/m0/s1. The molecule has 0 aromatic carbocycles. The van der Waals surface area contributed by atoms with Gasteiger partial charge in [0.05, 0.1) is 6.61 Å². The summed E-state index contributed by atoms with van der Waals surface area (Å²) in [5.41, 5.74) is 0. The molecule has 1 aliphatic rings. The van der Waals surface area contributed by atoms with Gasteiger partial charge in [-0.1, -0.05) is 0 Å². The largest absolute Gasteiger partial charge is 0.394 e. The molecule has 0 spiro atoms. The van der Waals surface area contributed by atoms with E-state index in [1.165, 1.54) is 0 Å². The predicted molar refractivity (Wildman–Crippen MR) is 36.0 cm³/mol. The van der Waals surface area contributed by atoms with Crippen LogP contribution >= 0.6 is 0 Å². The van der Waals surface area contributed by atoms with E-state index in [2.05, 4.69) is 4.74 Å². The maximum atomic E-state index is 9.12. The molecule has 5 atom stereocenters. The van der Waals surface area contributed by atoms with E-state index in [1.54, 1.807) is 0 Å². The molecule has 6 heteroatoms. The second-order valence-electron chi connectivity index (χ2n) is 2.72. The van der Waals surface area contributed by atoms with Crippen LogP contribution in [-0.2, 0) is 4.74 Å². The second kappa shape index (κ2) is 3.65. The molecule has 0 amide bonds. The van der Waals surface area contributed by atoms with Gasteiger partial charge >= 0.3 is 0 Å². The van der Waals surface area contributed by atoms with Crippen LogP contribution in [0.15, 0.2) is 0 Å². The highest BCUT2D eigenvalue weighted by molar-refractivity contribution is 4.87. The molecule has 72 valence electrons. The first-order chi connectivity index (χ1) is 5.57. The van der Waals surface area contributed by atoms with Gasteiger partial charge in [0, 0.05) is 0 Å². The summed E-state index contributed by atoms with van der Waals surface area (Å²) in [4.78, 5) is 0. The van der Waals surface area contributed by atoms with Crippen LogP contribution in [0.3, 0.4) is 0 Å². The van der Waals surface area contributed by atoms with Crippen molar-refractivity contribution in [3.05, 3.63) is 0 Å². The number of ether oxygens (including phenoxy) is 1. The molecule has 0 bridgehead atoms. The average Bonchev–Trinajstić information content (AvgIpc) is 2.08. The molecular weight excluding hydrogens is 168 g/mol. The molecule has 1 heterocycles. The highest BCUT2D eigenvalue weighted by atomic mass is 16.6. The van der Waals surface area contributed by atoms with Crippen molar-refractivity contribution in [2.75, 3.05) is 6.61 Å². The van der Waals surface area contributed by atoms with Crippen molar-refractivity contribution in [3.8, 4) is 0 Å². The Morgan fingerprint density at radius 1 is 0.917 bits per heavy atom. The Morgan fingerprint density at radius 2 is 1.50 bits per heavy atom. The van der Waals surface area contributed by atoms with E-state index in [9.17, 15) is 0 Å². The van der Waals surface area contributed by atoms with Crippen molar-refractivity contribution in [1.82, 2.24) is 0 Å². The van der Waals surface area contributed by atoms with Crippen LogP contribution in [0.5, 0.6) is 0 Å². The van der Waals surface area contributed by atoms with Crippen molar-refractivity contribution in [2.45, 2.75) is 30.7 Å². The maximum Gasteiger partial charge on any atom is 0.184 e. The van der Waals surface area contributed by atoms with E-state index in [4.69, 9.17) is 25.5 Å². The quantitative estimate of drug-likeness (QED) is 0.290. The summed E-state index contributed by atoms with van der Waals surface area (Å²) in [6.07, 6.45) is -7.04. The monoisotopic (exact) mass is 180 g/mol. The summed E-state index contributed by atoms with van der Waals surface area (Å²) in [6.45, 7) is -0.526. The highest BCUT2D eigenvalue weighted by Gasteiger charge is 2.42. The first-order valence-corrected chi connectivity index (χ1v) is 3.56. The second-order valence-corrected chi connectivity index (χ2v) is 2.72. The zero-order chi connectivity index (χ0) is 9.30. The molecule has 0 aliphatic carbocycles. The Hall–Kier alpha value is -0.240. The van der Waals surface area contributed by atoms with Gasteiger partial charge < -0.3 is 30.3 Å². The Balaban J connectivity index is 2.63. The van der Waals surface area contributed by atoms with Crippen LogP contribution in [0.25, 0.3) is 0 Å². The highest BCUT2D eigenvalue weighted by Crippen LogP contribution is 2.18. The van der Waals surface area contributed by atoms with E-state index in [0.717, 1.165) is 0 Å².